The summed E-state index contributed by atoms with van der Waals surface area (Å²) in [4.78, 5) is -0.322. The first-order valence-electron chi connectivity index (χ1n) is 4.15. The largest absolute Gasteiger partial charge is 0.371 e. The predicted molar refractivity (Wildman–Crippen MR) is 51.7 cm³/mol. The van der Waals surface area contributed by atoms with Crippen molar-refractivity contribution in [3.8, 4) is 0 Å². The van der Waals surface area contributed by atoms with Crippen LogP contribution < -0.4 is 5.32 Å². The van der Waals surface area contributed by atoms with Crippen LogP contribution >= 0.6 is 11.6 Å². The molecular weight excluding hydrogens is 158 g/mol. The molecule has 0 aliphatic carbocycles. The average molecular weight is 176 g/mol. The van der Waals surface area contributed by atoms with Crippen LogP contribution in [0.4, 0.5) is 0 Å². The number of alkyl halides is 1. The SMILES string of the molecule is CC/C=C(\CC)NC(C)(C)Cl. The standard InChI is InChI=1S/C9H18ClN/c1-5-7-8(6-2)11-9(3,4)10/h7,11H,5-6H2,1-4H3/b8-7+. The molecule has 0 saturated carbocycles. The maximum atomic E-state index is 5.99. The molecule has 1 nitrogen and oxygen atoms in total. The molecule has 0 bridgehead atoms. The van der Waals surface area contributed by atoms with E-state index in [1.54, 1.807) is 0 Å². The van der Waals surface area contributed by atoms with Gasteiger partial charge in [0.2, 0.25) is 0 Å². The predicted octanol–water partition coefficient (Wildman–Crippen LogP) is 3.25. The van der Waals surface area contributed by atoms with E-state index in [9.17, 15) is 0 Å². The highest BCUT2D eigenvalue weighted by Gasteiger charge is 2.11. The van der Waals surface area contributed by atoms with Gasteiger partial charge in [-0.05, 0) is 26.7 Å². The Hall–Kier alpha value is -0.170. The molecule has 11 heavy (non-hydrogen) atoms. The Balaban J connectivity index is 3.99. The average Bonchev–Trinajstić information content (AvgIpc) is 1.84. The highest BCUT2D eigenvalue weighted by molar-refractivity contribution is 6.23. The molecule has 0 aromatic rings. The molecule has 0 rings (SSSR count). The quantitative estimate of drug-likeness (QED) is 0.511. The number of nitrogens with one attached hydrogen (secondary N) is 1. The Kier molecular flexibility index (Phi) is 4.58. The molecule has 0 unspecified atom stereocenters. The third kappa shape index (κ3) is 6.24. The van der Waals surface area contributed by atoms with Crippen molar-refractivity contribution in [2.24, 2.45) is 0 Å². The Bertz CT molecular complexity index is 133. The fraction of sp³-hybridized carbons (Fsp3) is 0.778. The fourth-order valence-electron chi connectivity index (χ4n) is 0.912. The summed E-state index contributed by atoms with van der Waals surface area (Å²) in [7, 11) is 0. The smallest absolute Gasteiger partial charge is 0.106 e. The van der Waals surface area contributed by atoms with E-state index in [4.69, 9.17) is 11.6 Å². The normalized spacial score (nSPS) is 13.4. The van der Waals surface area contributed by atoms with E-state index in [0.717, 1.165) is 12.8 Å². The zero-order valence-corrected chi connectivity index (χ0v) is 8.63. The molecule has 0 aliphatic heterocycles. The number of halogens is 1. The van der Waals surface area contributed by atoms with Gasteiger partial charge < -0.3 is 5.32 Å². The first kappa shape index (κ1) is 10.8. The second-order valence-corrected chi connectivity index (χ2v) is 4.03. The molecule has 0 atom stereocenters. The lowest BCUT2D eigenvalue weighted by Gasteiger charge is -2.21. The van der Waals surface area contributed by atoms with Gasteiger partial charge in [0.1, 0.15) is 5.00 Å². The maximum Gasteiger partial charge on any atom is 0.106 e. The molecule has 2 heteroatoms. The number of hydrogen-bond acceptors (Lipinski definition) is 1. The maximum absolute atomic E-state index is 5.99. The molecule has 0 fully saturated rings. The van der Waals surface area contributed by atoms with Gasteiger partial charge in [-0.1, -0.05) is 31.5 Å². The van der Waals surface area contributed by atoms with Crippen LogP contribution in [0.15, 0.2) is 11.8 Å². The minimum Gasteiger partial charge on any atom is -0.371 e. The second kappa shape index (κ2) is 4.66. The van der Waals surface area contributed by atoms with Crippen LogP contribution in [-0.2, 0) is 0 Å². The summed E-state index contributed by atoms with van der Waals surface area (Å²) in [6.45, 7) is 8.15. The zero-order valence-electron chi connectivity index (χ0n) is 7.87. The van der Waals surface area contributed by atoms with Crippen LogP contribution in [-0.4, -0.2) is 5.00 Å². The van der Waals surface area contributed by atoms with Gasteiger partial charge >= 0.3 is 0 Å². The Morgan fingerprint density at radius 1 is 1.45 bits per heavy atom. The van der Waals surface area contributed by atoms with E-state index >= 15 is 0 Å². The van der Waals surface area contributed by atoms with Gasteiger partial charge in [-0.15, -0.1) is 0 Å². The monoisotopic (exact) mass is 175 g/mol. The van der Waals surface area contributed by atoms with Crippen LogP contribution in [0.5, 0.6) is 0 Å². The summed E-state index contributed by atoms with van der Waals surface area (Å²) in [5, 5.41) is 3.23. The van der Waals surface area contributed by atoms with Gasteiger partial charge in [-0.25, -0.2) is 0 Å². The summed E-state index contributed by atoms with van der Waals surface area (Å²) in [6, 6.07) is 0. The van der Waals surface area contributed by atoms with Crippen molar-refractivity contribution in [2.75, 3.05) is 0 Å². The highest BCUT2D eigenvalue weighted by Crippen LogP contribution is 2.12. The molecule has 0 aromatic carbocycles. The van der Waals surface area contributed by atoms with Crippen molar-refractivity contribution in [1.29, 1.82) is 0 Å². The Morgan fingerprint density at radius 3 is 2.27 bits per heavy atom. The molecule has 0 aromatic heterocycles. The van der Waals surface area contributed by atoms with Gasteiger partial charge in [0.15, 0.2) is 0 Å². The first-order valence-corrected chi connectivity index (χ1v) is 4.53. The van der Waals surface area contributed by atoms with Crippen LogP contribution in [0.3, 0.4) is 0 Å². The fourth-order valence-corrected chi connectivity index (χ4v) is 1.03. The van der Waals surface area contributed by atoms with Crippen molar-refractivity contribution < 1.29 is 0 Å². The van der Waals surface area contributed by atoms with Gasteiger partial charge in [0.05, 0.1) is 0 Å². The Morgan fingerprint density at radius 2 is 2.00 bits per heavy atom. The van der Waals surface area contributed by atoms with E-state index in [0.29, 0.717) is 0 Å². The third-order valence-corrected chi connectivity index (χ3v) is 1.38. The summed E-state index contributed by atoms with van der Waals surface area (Å²) in [5.74, 6) is 0. The van der Waals surface area contributed by atoms with E-state index in [1.807, 2.05) is 13.8 Å². The van der Waals surface area contributed by atoms with Crippen molar-refractivity contribution in [1.82, 2.24) is 5.32 Å². The van der Waals surface area contributed by atoms with Gasteiger partial charge in [0.25, 0.3) is 0 Å². The molecule has 0 aliphatic rings. The Labute approximate surface area is 74.8 Å². The first-order chi connectivity index (χ1) is 4.99. The second-order valence-electron chi connectivity index (χ2n) is 3.09. The van der Waals surface area contributed by atoms with Crippen molar-refractivity contribution >= 4 is 11.6 Å². The lowest BCUT2D eigenvalue weighted by atomic mass is 10.2. The lowest BCUT2D eigenvalue weighted by molar-refractivity contribution is 0.583. The third-order valence-electron chi connectivity index (χ3n) is 1.29. The van der Waals surface area contributed by atoms with Gasteiger partial charge in [-0.2, -0.15) is 0 Å². The summed E-state index contributed by atoms with van der Waals surface area (Å²) in [5.41, 5.74) is 1.23. The van der Waals surface area contributed by atoms with Gasteiger partial charge in [0, 0.05) is 5.70 Å². The molecule has 0 saturated heterocycles. The van der Waals surface area contributed by atoms with E-state index < -0.39 is 0 Å². The van der Waals surface area contributed by atoms with E-state index in [-0.39, 0.29) is 5.00 Å². The van der Waals surface area contributed by atoms with Crippen LogP contribution in [0.25, 0.3) is 0 Å². The van der Waals surface area contributed by atoms with E-state index in [1.165, 1.54) is 5.70 Å². The zero-order chi connectivity index (χ0) is 8.91. The minimum atomic E-state index is -0.322. The minimum absolute atomic E-state index is 0.322. The van der Waals surface area contributed by atoms with E-state index in [2.05, 4.69) is 25.2 Å². The lowest BCUT2D eigenvalue weighted by Crippen LogP contribution is -2.32. The summed E-state index contributed by atoms with van der Waals surface area (Å²) >= 11 is 5.99. The summed E-state index contributed by atoms with van der Waals surface area (Å²) in [6.07, 6.45) is 4.25. The summed E-state index contributed by atoms with van der Waals surface area (Å²) < 4.78 is 0. The molecule has 1 N–H and O–H groups in total. The van der Waals surface area contributed by atoms with Crippen molar-refractivity contribution in [3.05, 3.63) is 11.8 Å². The molecular formula is C9H18ClN. The van der Waals surface area contributed by atoms with Crippen molar-refractivity contribution in [3.63, 3.8) is 0 Å². The van der Waals surface area contributed by atoms with Crippen molar-refractivity contribution in [2.45, 2.75) is 45.5 Å². The molecule has 0 amide bonds. The number of rotatable bonds is 4. The molecule has 0 radical (unpaired) electrons. The molecule has 66 valence electrons. The van der Waals surface area contributed by atoms with Crippen LogP contribution in [0, 0.1) is 0 Å². The molecule has 0 spiro atoms. The topological polar surface area (TPSA) is 12.0 Å². The van der Waals surface area contributed by atoms with Crippen LogP contribution in [0.2, 0.25) is 0 Å². The molecule has 0 heterocycles. The number of allylic oxidation sites excluding steroid dienone is 2. The van der Waals surface area contributed by atoms with Crippen LogP contribution in [0.1, 0.15) is 40.5 Å². The highest BCUT2D eigenvalue weighted by atomic mass is 35.5. The van der Waals surface area contributed by atoms with Gasteiger partial charge in [-0.3, -0.25) is 0 Å². The number of hydrogen-bond donors (Lipinski definition) is 1.